The predicted molar refractivity (Wildman–Crippen MR) is 74.5 cm³/mol. The Morgan fingerprint density at radius 2 is 2.11 bits per heavy atom. The molecule has 2 aliphatic heterocycles. The third kappa shape index (κ3) is 2.49. The van der Waals surface area contributed by atoms with Crippen molar-refractivity contribution in [2.75, 3.05) is 26.2 Å². The Hall–Kier alpha value is -1.13. The van der Waals surface area contributed by atoms with Gasteiger partial charge in [0.25, 0.3) is 0 Å². The van der Waals surface area contributed by atoms with Gasteiger partial charge in [0.15, 0.2) is 0 Å². The van der Waals surface area contributed by atoms with Gasteiger partial charge in [0, 0.05) is 25.2 Å². The first-order valence-electron chi connectivity index (χ1n) is 6.56. The number of carbonyl (C=O) groups excluding carboxylic acids is 1. The number of likely N-dealkylation sites (tertiary alicyclic amines) is 2. The van der Waals surface area contributed by atoms with Crippen molar-refractivity contribution in [1.29, 1.82) is 0 Å². The summed E-state index contributed by atoms with van der Waals surface area (Å²) in [5, 5.41) is 4.07. The lowest BCUT2D eigenvalue weighted by Gasteiger charge is -2.43. The van der Waals surface area contributed by atoms with E-state index in [-0.39, 0.29) is 5.91 Å². The largest absolute Gasteiger partial charge is 0.336 e. The summed E-state index contributed by atoms with van der Waals surface area (Å²) < 4.78 is 0. The first-order valence-corrected chi connectivity index (χ1v) is 7.50. The van der Waals surface area contributed by atoms with E-state index in [1.165, 1.54) is 25.9 Å². The number of amides is 1. The quantitative estimate of drug-likeness (QED) is 0.779. The van der Waals surface area contributed by atoms with E-state index < -0.39 is 0 Å². The molecule has 3 rings (SSSR count). The summed E-state index contributed by atoms with van der Waals surface area (Å²) in [4.78, 5) is 16.4. The molecule has 2 aliphatic rings. The van der Waals surface area contributed by atoms with Gasteiger partial charge in [-0.15, -0.1) is 0 Å². The van der Waals surface area contributed by atoms with Crippen molar-refractivity contribution in [3.8, 4) is 0 Å². The summed E-state index contributed by atoms with van der Waals surface area (Å²) in [7, 11) is 0. The summed E-state index contributed by atoms with van der Waals surface area (Å²) in [6.45, 7) is 4.26. The maximum absolute atomic E-state index is 11.9. The molecule has 1 aromatic heterocycles. The van der Waals surface area contributed by atoms with Crippen LogP contribution >= 0.6 is 11.3 Å². The van der Waals surface area contributed by atoms with Gasteiger partial charge in [-0.05, 0) is 54.4 Å². The smallest absolute Gasteiger partial charge is 0.246 e. The van der Waals surface area contributed by atoms with Crippen LogP contribution in [0.2, 0.25) is 0 Å². The number of thiophene rings is 1. The lowest BCUT2D eigenvalue weighted by molar-refractivity contribution is -0.132. The van der Waals surface area contributed by atoms with Gasteiger partial charge in [0.2, 0.25) is 5.91 Å². The fourth-order valence-corrected chi connectivity index (χ4v) is 3.24. The highest BCUT2D eigenvalue weighted by atomic mass is 32.1. The highest BCUT2D eigenvalue weighted by molar-refractivity contribution is 7.08. The Balaban J connectivity index is 1.47. The van der Waals surface area contributed by atoms with Crippen molar-refractivity contribution in [2.24, 2.45) is 0 Å². The standard InChI is InChI=1S/C14H18N2OS/c17-14(4-3-12-5-8-18-11-12)16-9-13(10-16)15-6-1-2-7-15/h3-5,8,11,13H,1-2,6-7,9-10H2/b4-3+. The van der Waals surface area contributed by atoms with Crippen molar-refractivity contribution in [2.45, 2.75) is 18.9 Å². The molecule has 1 amide bonds. The van der Waals surface area contributed by atoms with E-state index in [9.17, 15) is 4.79 Å². The Labute approximate surface area is 112 Å². The molecular weight excluding hydrogens is 244 g/mol. The maximum atomic E-state index is 11.9. The average Bonchev–Trinajstić information content (AvgIpc) is 2.97. The van der Waals surface area contributed by atoms with E-state index in [2.05, 4.69) is 4.90 Å². The third-order valence-electron chi connectivity index (χ3n) is 3.79. The fourth-order valence-electron chi connectivity index (χ4n) is 2.62. The van der Waals surface area contributed by atoms with Gasteiger partial charge in [0.05, 0.1) is 0 Å². The highest BCUT2D eigenvalue weighted by Gasteiger charge is 2.34. The molecule has 1 aromatic rings. The molecule has 96 valence electrons. The Morgan fingerprint density at radius 3 is 2.78 bits per heavy atom. The SMILES string of the molecule is O=C(/C=C/c1ccsc1)N1CC(N2CCCC2)C1. The molecule has 0 aromatic carbocycles. The van der Waals surface area contributed by atoms with Gasteiger partial charge in [-0.1, -0.05) is 0 Å². The van der Waals surface area contributed by atoms with Crippen LogP contribution < -0.4 is 0 Å². The molecule has 0 spiro atoms. The summed E-state index contributed by atoms with van der Waals surface area (Å²) in [6.07, 6.45) is 6.25. The first-order chi connectivity index (χ1) is 8.83. The van der Waals surface area contributed by atoms with Crippen molar-refractivity contribution in [3.05, 3.63) is 28.5 Å². The minimum Gasteiger partial charge on any atom is -0.336 e. The molecule has 0 radical (unpaired) electrons. The van der Waals surface area contributed by atoms with Crippen LogP contribution in [-0.2, 0) is 4.79 Å². The number of carbonyl (C=O) groups is 1. The van der Waals surface area contributed by atoms with Crippen LogP contribution in [0.4, 0.5) is 0 Å². The van der Waals surface area contributed by atoms with Gasteiger partial charge in [-0.2, -0.15) is 11.3 Å². The predicted octanol–water partition coefficient (Wildman–Crippen LogP) is 2.07. The fraction of sp³-hybridized carbons (Fsp3) is 0.500. The van der Waals surface area contributed by atoms with Crippen LogP contribution in [0.1, 0.15) is 18.4 Å². The monoisotopic (exact) mass is 262 g/mol. The second kappa shape index (κ2) is 5.24. The second-order valence-electron chi connectivity index (χ2n) is 5.03. The molecule has 2 saturated heterocycles. The van der Waals surface area contributed by atoms with E-state index in [4.69, 9.17) is 0 Å². The normalized spacial score (nSPS) is 21.7. The van der Waals surface area contributed by atoms with Crippen molar-refractivity contribution in [3.63, 3.8) is 0 Å². The van der Waals surface area contributed by atoms with E-state index in [0.29, 0.717) is 6.04 Å². The van der Waals surface area contributed by atoms with Crippen LogP contribution in [0.25, 0.3) is 6.08 Å². The van der Waals surface area contributed by atoms with Crippen molar-refractivity contribution < 1.29 is 4.79 Å². The minimum atomic E-state index is 0.150. The van der Waals surface area contributed by atoms with Crippen LogP contribution in [0, 0.1) is 0 Å². The van der Waals surface area contributed by atoms with E-state index in [0.717, 1.165) is 18.7 Å². The molecule has 0 aliphatic carbocycles. The van der Waals surface area contributed by atoms with E-state index in [1.807, 2.05) is 27.8 Å². The minimum absolute atomic E-state index is 0.150. The van der Waals surface area contributed by atoms with Gasteiger partial charge in [-0.3, -0.25) is 9.69 Å². The molecule has 0 saturated carbocycles. The zero-order chi connectivity index (χ0) is 12.4. The number of hydrogen-bond donors (Lipinski definition) is 0. The summed E-state index contributed by atoms with van der Waals surface area (Å²) in [5.74, 6) is 0.150. The van der Waals surface area contributed by atoms with Crippen LogP contribution in [0.15, 0.2) is 22.9 Å². The lowest BCUT2D eigenvalue weighted by atomic mass is 10.1. The second-order valence-corrected chi connectivity index (χ2v) is 5.81. The van der Waals surface area contributed by atoms with Gasteiger partial charge in [0.1, 0.15) is 0 Å². The van der Waals surface area contributed by atoms with Crippen LogP contribution in [0.3, 0.4) is 0 Å². The molecule has 0 atom stereocenters. The van der Waals surface area contributed by atoms with Crippen molar-refractivity contribution in [1.82, 2.24) is 9.80 Å². The molecule has 0 bridgehead atoms. The third-order valence-corrected chi connectivity index (χ3v) is 4.49. The molecule has 4 heteroatoms. The summed E-state index contributed by atoms with van der Waals surface area (Å²) in [5.41, 5.74) is 1.12. The zero-order valence-electron chi connectivity index (χ0n) is 10.4. The van der Waals surface area contributed by atoms with Gasteiger partial charge in [-0.25, -0.2) is 0 Å². The molecular formula is C14H18N2OS. The molecule has 0 unspecified atom stereocenters. The van der Waals surface area contributed by atoms with Crippen LogP contribution in [-0.4, -0.2) is 47.9 Å². The molecule has 2 fully saturated rings. The molecule has 18 heavy (non-hydrogen) atoms. The van der Waals surface area contributed by atoms with Gasteiger partial charge >= 0.3 is 0 Å². The zero-order valence-corrected chi connectivity index (χ0v) is 11.2. The van der Waals surface area contributed by atoms with E-state index >= 15 is 0 Å². The molecule has 3 heterocycles. The maximum Gasteiger partial charge on any atom is 0.246 e. The Morgan fingerprint density at radius 1 is 1.33 bits per heavy atom. The number of rotatable bonds is 3. The highest BCUT2D eigenvalue weighted by Crippen LogP contribution is 2.20. The summed E-state index contributed by atoms with van der Waals surface area (Å²) >= 11 is 1.65. The van der Waals surface area contributed by atoms with Crippen molar-refractivity contribution >= 4 is 23.3 Å². The van der Waals surface area contributed by atoms with Gasteiger partial charge < -0.3 is 4.90 Å². The topological polar surface area (TPSA) is 23.6 Å². The average molecular weight is 262 g/mol. The number of nitrogens with zero attached hydrogens (tertiary/aromatic N) is 2. The molecule has 3 nitrogen and oxygen atoms in total. The Kier molecular flexibility index (Phi) is 3.48. The Bertz CT molecular complexity index is 429. The van der Waals surface area contributed by atoms with Crippen LogP contribution in [0.5, 0.6) is 0 Å². The number of hydrogen-bond acceptors (Lipinski definition) is 3. The molecule has 0 N–H and O–H groups in total. The van der Waals surface area contributed by atoms with E-state index in [1.54, 1.807) is 17.4 Å². The lowest BCUT2D eigenvalue weighted by Crippen LogP contribution is -2.60. The first kappa shape index (κ1) is 11.9. The summed E-state index contributed by atoms with van der Waals surface area (Å²) in [6, 6.07) is 2.64.